The highest BCUT2D eigenvalue weighted by Crippen LogP contribution is 2.42. The van der Waals surface area contributed by atoms with E-state index in [9.17, 15) is 4.79 Å². The fraction of sp³-hybridized carbons (Fsp3) is 0.588. The zero-order valence-corrected chi connectivity index (χ0v) is 14.9. The highest BCUT2D eigenvalue weighted by atomic mass is 32.1. The second kappa shape index (κ2) is 6.20. The molecule has 0 bridgehead atoms. The van der Waals surface area contributed by atoms with E-state index in [0.717, 1.165) is 30.0 Å². The molecule has 2 aliphatic rings. The van der Waals surface area contributed by atoms with E-state index in [1.807, 2.05) is 30.5 Å². The van der Waals surface area contributed by atoms with Crippen LogP contribution in [0.25, 0.3) is 0 Å². The Morgan fingerprint density at radius 3 is 2.83 bits per heavy atom. The number of amides is 2. The van der Waals surface area contributed by atoms with Crippen LogP contribution >= 0.6 is 11.3 Å². The van der Waals surface area contributed by atoms with Crippen LogP contribution in [0.3, 0.4) is 0 Å². The minimum Gasteiger partial charge on any atom is -0.328 e. The van der Waals surface area contributed by atoms with Gasteiger partial charge in [-0.1, -0.05) is 0 Å². The summed E-state index contributed by atoms with van der Waals surface area (Å²) in [5.74, 6) is 0.541. The first-order valence-corrected chi connectivity index (χ1v) is 9.41. The Hall–Kier alpha value is -1.89. The summed E-state index contributed by atoms with van der Waals surface area (Å²) < 4.78 is 1.80. The van der Waals surface area contributed by atoms with Crippen LogP contribution in [-0.4, -0.2) is 32.2 Å². The lowest BCUT2D eigenvalue weighted by molar-refractivity contribution is 0.187. The van der Waals surface area contributed by atoms with Crippen molar-refractivity contribution in [3.05, 3.63) is 34.0 Å². The van der Waals surface area contributed by atoms with Crippen LogP contribution in [0.2, 0.25) is 0 Å². The first-order chi connectivity index (χ1) is 11.6. The summed E-state index contributed by atoms with van der Waals surface area (Å²) in [6.45, 7) is 2.87. The predicted molar refractivity (Wildman–Crippen MR) is 92.7 cm³/mol. The summed E-state index contributed by atoms with van der Waals surface area (Å²) in [7, 11) is 1.91. The van der Waals surface area contributed by atoms with Crippen molar-refractivity contribution in [1.29, 1.82) is 0 Å². The standard InChI is InChI=1S/C17H23N5OS/c1-11-8-18-16(24-11)15(12-5-6-12)20-17(23)22-7-3-4-14(22)13-9-19-21(2)10-13/h8-10,12,14-15H,3-7H2,1-2H3,(H,20,23)/t14-,15-/m1/s1. The molecular formula is C17H23N5OS. The van der Waals surface area contributed by atoms with Gasteiger partial charge >= 0.3 is 6.03 Å². The maximum absolute atomic E-state index is 12.9. The van der Waals surface area contributed by atoms with Crippen molar-refractivity contribution in [2.24, 2.45) is 13.0 Å². The quantitative estimate of drug-likeness (QED) is 0.926. The lowest BCUT2D eigenvalue weighted by Gasteiger charge is -2.27. The van der Waals surface area contributed by atoms with Crippen molar-refractivity contribution in [2.75, 3.05) is 6.54 Å². The molecular weight excluding hydrogens is 322 g/mol. The Balaban J connectivity index is 1.49. The number of hydrogen-bond donors (Lipinski definition) is 1. The number of carbonyl (C=O) groups excluding carboxylic acids is 1. The number of carbonyl (C=O) groups is 1. The number of aromatic nitrogens is 3. The maximum atomic E-state index is 12.9. The zero-order chi connectivity index (χ0) is 16.7. The maximum Gasteiger partial charge on any atom is 0.318 e. The van der Waals surface area contributed by atoms with E-state index in [1.165, 1.54) is 17.7 Å². The molecule has 1 saturated carbocycles. The molecule has 0 radical (unpaired) electrons. The van der Waals surface area contributed by atoms with Gasteiger partial charge in [-0.25, -0.2) is 9.78 Å². The van der Waals surface area contributed by atoms with Gasteiger partial charge in [-0.3, -0.25) is 4.68 Å². The van der Waals surface area contributed by atoms with Crippen LogP contribution in [0.4, 0.5) is 4.79 Å². The van der Waals surface area contributed by atoms with E-state index in [-0.39, 0.29) is 18.1 Å². The summed E-state index contributed by atoms with van der Waals surface area (Å²) in [5.41, 5.74) is 1.12. The molecule has 0 aromatic carbocycles. The fourth-order valence-electron chi connectivity index (χ4n) is 3.51. The molecule has 6 nitrogen and oxygen atoms in total. The molecule has 0 unspecified atom stereocenters. The van der Waals surface area contributed by atoms with Gasteiger partial charge in [0.05, 0.1) is 18.3 Å². The number of aryl methyl sites for hydroxylation is 2. The number of rotatable bonds is 4. The molecule has 1 N–H and O–H groups in total. The number of thiazole rings is 1. The molecule has 0 spiro atoms. The first kappa shape index (κ1) is 15.6. The van der Waals surface area contributed by atoms with E-state index in [2.05, 4.69) is 22.3 Å². The average molecular weight is 345 g/mol. The second-order valence-electron chi connectivity index (χ2n) is 6.87. The smallest absolute Gasteiger partial charge is 0.318 e. The molecule has 4 rings (SSSR count). The lowest BCUT2D eigenvalue weighted by atomic mass is 10.1. The van der Waals surface area contributed by atoms with Crippen LogP contribution in [0, 0.1) is 12.8 Å². The Kier molecular flexibility index (Phi) is 4.04. The molecule has 128 valence electrons. The highest BCUT2D eigenvalue weighted by molar-refractivity contribution is 7.11. The normalized spacial score (nSPS) is 21.9. The van der Waals surface area contributed by atoms with Crippen LogP contribution in [0.1, 0.15) is 53.2 Å². The monoisotopic (exact) mass is 345 g/mol. The minimum absolute atomic E-state index is 0.0334. The molecule has 2 amide bonds. The Morgan fingerprint density at radius 2 is 2.21 bits per heavy atom. The van der Waals surface area contributed by atoms with Gasteiger partial charge in [0.15, 0.2) is 0 Å². The van der Waals surface area contributed by atoms with E-state index in [4.69, 9.17) is 0 Å². The fourth-order valence-corrected chi connectivity index (χ4v) is 4.43. The molecule has 3 heterocycles. The van der Waals surface area contributed by atoms with Crippen LogP contribution in [-0.2, 0) is 7.05 Å². The summed E-state index contributed by atoms with van der Waals surface area (Å²) in [4.78, 5) is 20.6. The third kappa shape index (κ3) is 3.05. The van der Waals surface area contributed by atoms with Gasteiger partial charge in [0.2, 0.25) is 0 Å². The second-order valence-corrected chi connectivity index (χ2v) is 8.14. The summed E-state index contributed by atoms with van der Waals surface area (Å²) in [6.07, 6.45) is 10.2. The minimum atomic E-state index is 0.0334. The van der Waals surface area contributed by atoms with Gasteiger partial charge in [-0.05, 0) is 38.5 Å². The molecule has 7 heteroatoms. The molecule has 2 aromatic rings. The van der Waals surface area contributed by atoms with Crippen LogP contribution in [0.15, 0.2) is 18.6 Å². The molecule has 1 saturated heterocycles. The number of nitrogens with one attached hydrogen (secondary N) is 1. The van der Waals surface area contributed by atoms with Crippen molar-refractivity contribution in [3.63, 3.8) is 0 Å². The van der Waals surface area contributed by atoms with Gasteiger partial charge in [0.25, 0.3) is 0 Å². The van der Waals surface area contributed by atoms with Gasteiger partial charge in [-0.15, -0.1) is 11.3 Å². The summed E-state index contributed by atoms with van der Waals surface area (Å²) in [5, 5.41) is 8.56. The number of likely N-dealkylation sites (tertiary alicyclic amines) is 1. The first-order valence-electron chi connectivity index (χ1n) is 8.60. The molecule has 2 atom stereocenters. The van der Waals surface area contributed by atoms with Gasteiger partial charge in [0.1, 0.15) is 5.01 Å². The van der Waals surface area contributed by atoms with Crippen molar-refractivity contribution in [3.8, 4) is 0 Å². The van der Waals surface area contributed by atoms with Crippen LogP contribution < -0.4 is 5.32 Å². The van der Waals surface area contributed by atoms with Crippen molar-refractivity contribution >= 4 is 17.4 Å². The van der Waals surface area contributed by atoms with Gasteiger partial charge in [-0.2, -0.15) is 5.10 Å². The lowest BCUT2D eigenvalue weighted by Crippen LogP contribution is -2.41. The largest absolute Gasteiger partial charge is 0.328 e. The van der Waals surface area contributed by atoms with Gasteiger partial charge < -0.3 is 10.2 Å². The van der Waals surface area contributed by atoms with E-state index < -0.39 is 0 Å². The van der Waals surface area contributed by atoms with E-state index in [0.29, 0.717) is 5.92 Å². The predicted octanol–water partition coefficient (Wildman–Crippen LogP) is 3.18. The van der Waals surface area contributed by atoms with E-state index in [1.54, 1.807) is 16.0 Å². The molecule has 1 aliphatic carbocycles. The SMILES string of the molecule is Cc1cnc([C@H](NC(=O)N2CCC[C@@H]2c2cnn(C)c2)C2CC2)s1. The number of urea groups is 1. The average Bonchev–Trinajstić information content (AvgIpc) is 2.95. The Labute approximate surface area is 145 Å². The summed E-state index contributed by atoms with van der Waals surface area (Å²) in [6, 6.07) is 0.231. The molecule has 24 heavy (non-hydrogen) atoms. The summed E-state index contributed by atoms with van der Waals surface area (Å²) >= 11 is 1.69. The highest BCUT2D eigenvalue weighted by Gasteiger charge is 2.38. The van der Waals surface area contributed by atoms with Crippen molar-refractivity contribution in [2.45, 2.75) is 44.7 Å². The molecule has 2 aromatic heterocycles. The van der Waals surface area contributed by atoms with Gasteiger partial charge in [0, 0.05) is 36.4 Å². The topological polar surface area (TPSA) is 63.1 Å². The molecule has 1 aliphatic heterocycles. The van der Waals surface area contributed by atoms with Crippen LogP contribution in [0.5, 0.6) is 0 Å². The van der Waals surface area contributed by atoms with Crippen molar-refractivity contribution in [1.82, 2.24) is 25.0 Å². The number of nitrogens with zero attached hydrogens (tertiary/aromatic N) is 4. The molecule has 2 fully saturated rings. The number of hydrogen-bond acceptors (Lipinski definition) is 4. The van der Waals surface area contributed by atoms with E-state index >= 15 is 0 Å². The Bertz CT molecular complexity index is 735. The zero-order valence-electron chi connectivity index (χ0n) is 14.1. The Morgan fingerprint density at radius 1 is 1.38 bits per heavy atom. The third-order valence-corrected chi connectivity index (χ3v) is 5.90. The van der Waals surface area contributed by atoms with Crippen molar-refractivity contribution < 1.29 is 4.79 Å². The third-order valence-electron chi connectivity index (χ3n) is 4.90.